The van der Waals surface area contributed by atoms with Gasteiger partial charge in [0, 0.05) is 17.4 Å². The average Bonchev–Trinajstić information content (AvgIpc) is 2.26. The molecule has 0 spiro atoms. The predicted molar refractivity (Wildman–Crippen MR) is 72.0 cm³/mol. The van der Waals surface area contributed by atoms with Crippen LogP contribution in [0, 0.1) is 5.92 Å². The van der Waals surface area contributed by atoms with E-state index in [2.05, 4.69) is 36.5 Å². The summed E-state index contributed by atoms with van der Waals surface area (Å²) in [5.41, 5.74) is 1.18. The summed E-state index contributed by atoms with van der Waals surface area (Å²) in [4.78, 5) is 12.9. The fraction of sp³-hybridized carbons (Fsp3) is 0.500. The molecule has 1 aromatic rings. The molecule has 1 N–H and O–H groups in total. The number of hydrogen-bond acceptors (Lipinski definition) is 2. The van der Waals surface area contributed by atoms with E-state index >= 15 is 0 Å². The molecule has 1 aromatic carbocycles. The first-order valence-electron chi connectivity index (χ1n) is 6.29. The summed E-state index contributed by atoms with van der Waals surface area (Å²) in [6.45, 7) is 2.81. The monoisotopic (exact) mass is 249 g/mol. The van der Waals surface area contributed by atoms with Gasteiger partial charge >= 0.3 is 0 Å². The van der Waals surface area contributed by atoms with E-state index < -0.39 is 0 Å². The fourth-order valence-electron chi connectivity index (χ4n) is 1.87. The molecule has 1 aliphatic carbocycles. The number of thioether (sulfide) groups is 1. The molecule has 0 radical (unpaired) electrons. The molecule has 0 aromatic heterocycles. The van der Waals surface area contributed by atoms with Crippen LogP contribution >= 0.6 is 11.8 Å². The second kappa shape index (κ2) is 6.10. The van der Waals surface area contributed by atoms with Crippen molar-refractivity contribution >= 4 is 17.7 Å². The van der Waals surface area contributed by atoms with E-state index in [0.717, 1.165) is 18.6 Å². The van der Waals surface area contributed by atoms with Crippen LogP contribution in [0.2, 0.25) is 0 Å². The van der Waals surface area contributed by atoms with Crippen LogP contribution in [0.15, 0.2) is 29.2 Å². The Kier molecular flexibility index (Phi) is 4.49. The second-order valence-corrected chi connectivity index (χ2v) is 5.76. The molecule has 17 heavy (non-hydrogen) atoms. The van der Waals surface area contributed by atoms with Gasteiger partial charge in [-0.15, -0.1) is 11.8 Å². The first-order chi connectivity index (χ1) is 8.29. The summed E-state index contributed by atoms with van der Waals surface area (Å²) in [6, 6.07) is 8.44. The van der Waals surface area contributed by atoms with Gasteiger partial charge in [-0.05, 0) is 36.3 Å². The molecular formula is C14H19NOS. The highest BCUT2D eigenvalue weighted by Crippen LogP contribution is 2.26. The van der Waals surface area contributed by atoms with Gasteiger partial charge in [0.2, 0.25) is 5.91 Å². The predicted octanol–water partition coefficient (Wildman–Crippen LogP) is 3.21. The van der Waals surface area contributed by atoms with Gasteiger partial charge in [0.25, 0.3) is 0 Å². The van der Waals surface area contributed by atoms with Gasteiger partial charge in [0.05, 0.1) is 0 Å². The van der Waals surface area contributed by atoms with Crippen molar-refractivity contribution in [3.05, 3.63) is 29.8 Å². The summed E-state index contributed by atoms with van der Waals surface area (Å²) in [5, 5.41) is 3.01. The first-order valence-corrected chi connectivity index (χ1v) is 7.27. The van der Waals surface area contributed by atoms with E-state index in [1.165, 1.54) is 16.9 Å². The van der Waals surface area contributed by atoms with E-state index in [9.17, 15) is 4.79 Å². The van der Waals surface area contributed by atoms with Crippen molar-refractivity contribution < 1.29 is 4.79 Å². The summed E-state index contributed by atoms with van der Waals surface area (Å²) >= 11 is 1.84. The van der Waals surface area contributed by atoms with Crippen LogP contribution in [0.3, 0.4) is 0 Å². The number of amides is 1. The third kappa shape index (κ3) is 3.50. The molecule has 0 unspecified atom stereocenters. The van der Waals surface area contributed by atoms with Crippen LogP contribution in [0.4, 0.5) is 0 Å². The van der Waals surface area contributed by atoms with E-state index in [1.807, 2.05) is 11.8 Å². The van der Waals surface area contributed by atoms with Crippen LogP contribution in [0.1, 0.15) is 31.7 Å². The maximum Gasteiger partial charge on any atom is 0.223 e. The number of carbonyl (C=O) groups is 1. The molecular weight excluding hydrogens is 230 g/mol. The topological polar surface area (TPSA) is 29.1 Å². The van der Waals surface area contributed by atoms with E-state index in [4.69, 9.17) is 0 Å². The molecule has 1 amide bonds. The molecule has 0 heterocycles. The second-order valence-electron chi connectivity index (χ2n) is 4.42. The Balaban J connectivity index is 1.80. The fourth-order valence-corrected chi connectivity index (χ4v) is 2.54. The zero-order valence-corrected chi connectivity index (χ0v) is 11.1. The van der Waals surface area contributed by atoms with Crippen LogP contribution in [0.25, 0.3) is 0 Å². The van der Waals surface area contributed by atoms with Crippen molar-refractivity contribution in [3.8, 4) is 0 Å². The molecule has 92 valence electrons. The van der Waals surface area contributed by atoms with Crippen molar-refractivity contribution in [2.45, 2.75) is 37.6 Å². The van der Waals surface area contributed by atoms with Gasteiger partial charge in [0.1, 0.15) is 0 Å². The summed E-state index contributed by atoms with van der Waals surface area (Å²) in [5.74, 6) is 1.60. The van der Waals surface area contributed by atoms with Crippen LogP contribution < -0.4 is 5.32 Å². The summed E-state index contributed by atoms with van der Waals surface area (Å²) in [7, 11) is 0. The summed E-state index contributed by atoms with van der Waals surface area (Å²) in [6.07, 6.45) is 3.34. The molecule has 1 aliphatic rings. The molecule has 0 saturated heterocycles. The molecule has 1 saturated carbocycles. The molecule has 0 aliphatic heterocycles. The van der Waals surface area contributed by atoms with Gasteiger partial charge in [-0.25, -0.2) is 0 Å². The third-order valence-corrected chi connectivity index (χ3v) is 4.07. The number of benzene rings is 1. The van der Waals surface area contributed by atoms with Crippen LogP contribution in [-0.4, -0.2) is 11.7 Å². The van der Waals surface area contributed by atoms with Gasteiger partial charge in [0.15, 0.2) is 0 Å². The number of nitrogens with one attached hydrogen (secondary N) is 1. The van der Waals surface area contributed by atoms with Crippen LogP contribution in [0.5, 0.6) is 0 Å². The van der Waals surface area contributed by atoms with Gasteiger partial charge in [-0.2, -0.15) is 0 Å². The zero-order chi connectivity index (χ0) is 12.1. The Bertz CT molecular complexity index is 370. The van der Waals surface area contributed by atoms with Crippen molar-refractivity contribution in [1.29, 1.82) is 0 Å². The highest BCUT2D eigenvalue weighted by molar-refractivity contribution is 7.99. The lowest BCUT2D eigenvalue weighted by Gasteiger charge is -2.24. The molecule has 0 bridgehead atoms. The third-order valence-electron chi connectivity index (χ3n) is 3.18. The maximum absolute atomic E-state index is 11.7. The molecule has 0 atom stereocenters. The highest BCUT2D eigenvalue weighted by atomic mass is 32.2. The molecule has 1 fully saturated rings. The van der Waals surface area contributed by atoms with Gasteiger partial charge < -0.3 is 5.32 Å². The van der Waals surface area contributed by atoms with Crippen molar-refractivity contribution in [2.24, 2.45) is 5.92 Å². The normalized spacial score (nSPS) is 15.4. The van der Waals surface area contributed by atoms with E-state index in [1.54, 1.807) is 0 Å². The largest absolute Gasteiger partial charge is 0.352 e. The van der Waals surface area contributed by atoms with E-state index in [-0.39, 0.29) is 11.8 Å². The van der Waals surface area contributed by atoms with Gasteiger partial charge in [-0.3, -0.25) is 4.79 Å². The highest BCUT2D eigenvalue weighted by Gasteiger charge is 2.24. The Labute approximate surface area is 107 Å². The number of hydrogen-bond donors (Lipinski definition) is 1. The van der Waals surface area contributed by atoms with Crippen molar-refractivity contribution in [3.63, 3.8) is 0 Å². The average molecular weight is 249 g/mol. The Morgan fingerprint density at radius 2 is 2.06 bits per heavy atom. The lowest BCUT2D eigenvalue weighted by Crippen LogP contribution is -2.33. The quantitative estimate of drug-likeness (QED) is 0.812. The van der Waals surface area contributed by atoms with E-state index in [0.29, 0.717) is 6.54 Å². The molecule has 2 nitrogen and oxygen atoms in total. The SMILES string of the molecule is CCSc1ccc(CNC(=O)C2CCC2)cc1. The summed E-state index contributed by atoms with van der Waals surface area (Å²) < 4.78 is 0. The lowest BCUT2D eigenvalue weighted by atomic mass is 9.85. The zero-order valence-electron chi connectivity index (χ0n) is 10.2. The maximum atomic E-state index is 11.7. The minimum absolute atomic E-state index is 0.225. The number of rotatable bonds is 5. The minimum Gasteiger partial charge on any atom is -0.352 e. The Hall–Kier alpha value is -0.960. The van der Waals surface area contributed by atoms with Crippen molar-refractivity contribution in [1.82, 2.24) is 5.32 Å². The first kappa shape index (κ1) is 12.5. The standard InChI is InChI=1S/C14H19NOS/c1-2-17-13-8-6-11(7-9-13)10-15-14(16)12-4-3-5-12/h6-9,12H,2-5,10H2,1H3,(H,15,16). The molecule has 2 rings (SSSR count). The smallest absolute Gasteiger partial charge is 0.223 e. The molecule has 3 heteroatoms. The Morgan fingerprint density at radius 3 is 2.59 bits per heavy atom. The van der Waals surface area contributed by atoms with Crippen molar-refractivity contribution in [2.75, 3.05) is 5.75 Å². The lowest BCUT2D eigenvalue weighted by molar-refractivity contribution is -0.127. The van der Waals surface area contributed by atoms with Crippen LogP contribution in [-0.2, 0) is 11.3 Å². The van der Waals surface area contributed by atoms with Gasteiger partial charge in [-0.1, -0.05) is 25.5 Å². The Morgan fingerprint density at radius 1 is 1.35 bits per heavy atom. The minimum atomic E-state index is 0.225. The number of carbonyl (C=O) groups excluding carboxylic acids is 1.